The first kappa shape index (κ1) is 28.4. The highest BCUT2D eigenvalue weighted by Gasteiger charge is 2.15. The fourth-order valence-electron chi connectivity index (χ4n) is 2.76. The molecule has 0 radical (unpaired) electrons. The number of benzene rings is 1. The van der Waals surface area contributed by atoms with Crippen molar-refractivity contribution in [3.63, 3.8) is 0 Å². The van der Waals surface area contributed by atoms with Gasteiger partial charge >= 0.3 is 11.9 Å². The summed E-state index contributed by atoms with van der Waals surface area (Å²) in [6.07, 6.45) is 6.88. The van der Waals surface area contributed by atoms with Gasteiger partial charge in [0.25, 0.3) is 0 Å². The number of nitrogens with one attached hydrogen (secondary N) is 1. The summed E-state index contributed by atoms with van der Waals surface area (Å²) < 4.78 is 0. The number of allylic oxidation sites excluding steroid dienone is 1. The number of rotatable bonds is 8. The van der Waals surface area contributed by atoms with Gasteiger partial charge in [0.1, 0.15) is 12.7 Å². The van der Waals surface area contributed by atoms with Crippen LogP contribution < -0.4 is 5.32 Å². The molecule has 4 N–H and O–H groups in total. The summed E-state index contributed by atoms with van der Waals surface area (Å²) in [4.78, 5) is 24.5. The minimum absolute atomic E-state index is 0.0231. The molecule has 1 unspecified atom stereocenters. The second-order valence-corrected chi connectivity index (χ2v) is 8.99. The van der Waals surface area contributed by atoms with Crippen molar-refractivity contribution in [1.82, 2.24) is 5.32 Å². The van der Waals surface area contributed by atoms with Crippen LogP contribution in [0.15, 0.2) is 47.1 Å². The molecule has 0 spiro atoms. The van der Waals surface area contributed by atoms with Crippen LogP contribution in [0.4, 0.5) is 0 Å². The maximum absolute atomic E-state index is 9.99. The van der Waals surface area contributed by atoms with Crippen molar-refractivity contribution in [1.29, 1.82) is 0 Å². The number of hydrogen-bond donors (Lipinski definition) is 4. The first-order valence-corrected chi connectivity index (χ1v) is 11.1. The van der Waals surface area contributed by atoms with E-state index in [0.717, 1.165) is 42.0 Å². The second kappa shape index (κ2) is 14.5. The Morgan fingerprint density at radius 3 is 2.24 bits per heavy atom. The number of carboxylic acid groups (broad SMARTS) is 2. The molecule has 0 saturated heterocycles. The van der Waals surface area contributed by atoms with Crippen molar-refractivity contribution < 1.29 is 29.7 Å². The second-order valence-electron chi connectivity index (χ2n) is 8.56. The Bertz CT molecular complexity index is 841. The molecule has 8 nitrogen and oxygen atoms in total. The highest BCUT2D eigenvalue weighted by Crippen LogP contribution is 2.24. The number of aliphatic hydroxyl groups excluding tert-OH is 1. The van der Waals surface area contributed by atoms with Gasteiger partial charge in [0.2, 0.25) is 0 Å². The number of aliphatic carboxylic acids is 2. The molecule has 9 heteroatoms. The van der Waals surface area contributed by atoms with Crippen LogP contribution in [-0.4, -0.2) is 57.8 Å². The van der Waals surface area contributed by atoms with Crippen molar-refractivity contribution in [3.8, 4) is 0 Å². The number of carbonyl (C=O) groups is 2. The van der Waals surface area contributed by atoms with Gasteiger partial charge in [-0.2, -0.15) is 0 Å². The summed E-state index contributed by atoms with van der Waals surface area (Å²) in [6, 6.07) is 7.79. The fourth-order valence-corrected chi connectivity index (χ4v) is 2.89. The molecule has 2 rings (SSSR count). The zero-order chi connectivity index (χ0) is 24.9. The number of carboxylic acids is 2. The van der Waals surface area contributed by atoms with Crippen LogP contribution >= 0.6 is 11.6 Å². The molecule has 0 bridgehead atoms. The van der Waals surface area contributed by atoms with E-state index in [1.807, 2.05) is 24.3 Å². The number of aliphatic hydroxyl groups is 1. The maximum atomic E-state index is 9.99. The highest BCUT2D eigenvalue weighted by molar-refractivity contribution is 6.30. The monoisotopic (exact) mass is 480 g/mol. The van der Waals surface area contributed by atoms with Gasteiger partial charge in [0.15, 0.2) is 0 Å². The van der Waals surface area contributed by atoms with E-state index < -0.39 is 18.0 Å². The van der Waals surface area contributed by atoms with Gasteiger partial charge in [-0.15, -0.1) is 0 Å². The smallest absolute Gasteiger partial charge is 0.328 e. The Balaban J connectivity index is 0.000000582. The Morgan fingerprint density at radius 1 is 1.12 bits per heavy atom. The van der Waals surface area contributed by atoms with Crippen LogP contribution in [0.3, 0.4) is 0 Å². The quantitative estimate of drug-likeness (QED) is 0.325. The SMILES string of the molecule is CC(C)(C)NCC(O)CO/N=C1\CCCC\C1=C/c1ccc(Cl)cc1.O=C(O)/C=C/C(=O)O. The number of hydrogen-bond acceptors (Lipinski definition) is 6. The van der Waals surface area contributed by atoms with Gasteiger partial charge in [-0.05, 0) is 75.8 Å². The lowest BCUT2D eigenvalue weighted by Gasteiger charge is -2.22. The zero-order valence-corrected chi connectivity index (χ0v) is 20.0. The van der Waals surface area contributed by atoms with Crippen LogP contribution in [0.2, 0.25) is 5.02 Å². The molecule has 0 amide bonds. The molecule has 1 saturated carbocycles. The molecule has 0 heterocycles. The summed E-state index contributed by atoms with van der Waals surface area (Å²) in [5, 5.41) is 33.9. The van der Waals surface area contributed by atoms with Crippen LogP contribution in [-0.2, 0) is 14.4 Å². The first-order chi connectivity index (χ1) is 15.5. The molecule has 1 aliphatic rings. The van der Waals surface area contributed by atoms with Crippen LogP contribution in [0.5, 0.6) is 0 Å². The summed E-state index contributed by atoms with van der Waals surface area (Å²) in [6.45, 7) is 6.88. The lowest BCUT2D eigenvalue weighted by Crippen LogP contribution is -2.42. The van der Waals surface area contributed by atoms with Crippen LogP contribution in [0.1, 0.15) is 52.0 Å². The third-order valence-electron chi connectivity index (χ3n) is 4.37. The Hall–Kier alpha value is -2.68. The summed E-state index contributed by atoms with van der Waals surface area (Å²) >= 11 is 5.94. The molecule has 0 aromatic heterocycles. The molecule has 33 heavy (non-hydrogen) atoms. The molecule has 1 aromatic carbocycles. The predicted molar refractivity (Wildman–Crippen MR) is 129 cm³/mol. The zero-order valence-electron chi connectivity index (χ0n) is 19.3. The van der Waals surface area contributed by atoms with E-state index >= 15 is 0 Å². The highest BCUT2D eigenvalue weighted by atomic mass is 35.5. The van der Waals surface area contributed by atoms with E-state index in [1.165, 1.54) is 5.57 Å². The van der Waals surface area contributed by atoms with E-state index in [4.69, 9.17) is 26.7 Å². The van der Waals surface area contributed by atoms with E-state index in [-0.39, 0.29) is 12.1 Å². The van der Waals surface area contributed by atoms with Crippen molar-refractivity contribution in [2.24, 2.45) is 5.16 Å². The molecule has 1 aliphatic carbocycles. The molecule has 1 fully saturated rings. The van der Waals surface area contributed by atoms with Gasteiger partial charge in [-0.3, -0.25) is 0 Å². The van der Waals surface area contributed by atoms with Crippen LogP contribution in [0, 0.1) is 0 Å². The number of halogens is 1. The van der Waals surface area contributed by atoms with E-state index in [9.17, 15) is 14.7 Å². The van der Waals surface area contributed by atoms with Crippen molar-refractivity contribution in [2.75, 3.05) is 13.2 Å². The van der Waals surface area contributed by atoms with Gasteiger partial charge < -0.3 is 25.5 Å². The summed E-state index contributed by atoms with van der Waals surface area (Å²) in [5.74, 6) is -2.51. The van der Waals surface area contributed by atoms with Gasteiger partial charge in [0.05, 0.1) is 5.71 Å². The third-order valence-corrected chi connectivity index (χ3v) is 4.62. The molecule has 182 valence electrons. The fraction of sp³-hybridized carbons (Fsp3) is 0.458. The molecule has 0 aliphatic heterocycles. The Morgan fingerprint density at radius 2 is 1.70 bits per heavy atom. The standard InChI is InChI=1S/C20H29ClN2O2.C4H4O4/c1-20(2,3)22-13-18(24)14-25-23-19-7-5-4-6-16(19)12-15-8-10-17(21)11-9-15;5-3(6)1-2-4(7)8/h8-12,18,22,24H,4-7,13-14H2,1-3H3;1-2H,(H,5,6)(H,7,8)/b16-12+,23-19+;2-1+. The average Bonchev–Trinajstić information content (AvgIpc) is 2.73. The van der Waals surface area contributed by atoms with Crippen molar-refractivity contribution >= 4 is 35.3 Å². The maximum Gasteiger partial charge on any atom is 0.328 e. The Labute approximate surface area is 199 Å². The van der Waals surface area contributed by atoms with Crippen LogP contribution in [0.25, 0.3) is 6.08 Å². The third kappa shape index (κ3) is 14.2. The largest absolute Gasteiger partial charge is 0.478 e. The van der Waals surface area contributed by atoms with Gasteiger partial charge in [-0.25, -0.2) is 9.59 Å². The van der Waals surface area contributed by atoms with Crippen molar-refractivity contribution in [3.05, 3.63) is 52.6 Å². The number of β-amino-alcohol motifs (C(OH)–C–C–N with tert-alkyl or cyclic N) is 1. The summed E-state index contributed by atoms with van der Waals surface area (Å²) in [5.41, 5.74) is 3.28. The topological polar surface area (TPSA) is 128 Å². The van der Waals surface area contributed by atoms with Crippen molar-refractivity contribution in [2.45, 2.75) is 58.1 Å². The number of oxime groups is 1. The number of nitrogens with zero attached hydrogens (tertiary/aromatic N) is 1. The van der Waals surface area contributed by atoms with E-state index in [1.54, 1.807) is 0 Å². The van der Waals surface area contributed by atoms with Gasteiger partial charge in [-0.1, -0.05) is 28.9 Å². The van der Waals surface area contributed by atoms with E-state index in [0.29, 0.717) is 18.7 Å². The molecule has 1 atom stereocenters. The average molecular weight is 481 g/mol. The minimum Gasteiger partial charge on any atom is -0.478 e. The van der Waals surface area contributed by atoms with E-state index in [2.05, 4.69) is 37.3 Å². The predicted octanol–water partition coefficient (Wildman–Crippen LogP) is 4.13. The molecular weight excluding hydrogens is 448 g/mol. The minimum atomic E-state index is -1.26. The lowest BCUT2D eigenvalue weighted by molar-refractivity contribution is -0.134. The Kier molecular flexibility index (Phi) is 12.4. The molecule has 1 aromatic rings. The summed E-state index contributed by atoms with van der Waals surface area (Å²) in [7, 11) is 0. The van der Waals surface area contributed by atoms with Gasteiger partial charge in [0, 0.05) is 29.3 Å². The first-order valence-electron chi connectivity index (χ1n) is 10.7. The normalized spacial score (nSPS) is 17.5. The lowest BCUT2D eigenvalue weighted by atomic mass is 9.91. The molecular formula is C24H33ClN2O6.